The Morgan fingerprint density at radius 3 is 2.64 bits per heavy atom. The fraction of sp³-hybridized carbons (Fsp3) is 0.100. The Hall–Kier alpha value is -2.72. The zero-order valence-electron chi connectivity index (χ0n) is 15.0. The third-order valence-corrected chi connectivity index (χ3v) is 5.47. The van der Waals surface area contributed by atoms with Gasteiger partial charge in [-0.1, -0.05) is 29.3 Å². The minimum absolute atomic E-state index is 0.397. The van der Waals surface area contributed by atoms with Gasteiger partial charge in [0.2, 0.25) is 0 Å². The number of hydrogen-bond acceptors (Lipinski definition) is 6. The summed E-state index contributed by atoms with van der Waals surface area (Å²) in [5.74, 6) is 1.28. The standard InChI is InChI=1S/C20H15Cl2N3O2S/c1-26-14-4-6-17(19(8-14)27-2)24-10-13(9-23)20-25-18(11-28-20)12-3-5-15(21)16(22)7-12/h3-8,10-11,24H,1-2H3. The lowest BCUT2D eigenvalue weighted by Gasteiger charge is -2.10. The summed E-state index contributed by atoms with van der Waals surface area (Å²) in [5.41, 5.74) is 2.66. The van der Waals surface area contributed by atoms with Crippen LogP contribution in [0.3, 0.4) is 0 Å². The average Bonchev–Trinajstić information content (AvgIpc) is 3.20. The van der Waals surface area contributed by atoms with Crippen molar-refractivity contribution in [3.05, 3.63) is 63.0 Å². The van der Waals surface area contributed by atoms with Crippen LogP contribution in [0.4, 0.5) is 5.69 Å². The molecule has 0 spiro atoms. The predicted octanol–water partition coefficient (Wildman–Crippen LogP) is 6.11. The highest BCUT2D eigenvalue weighted by atomic mass is 35.5. The van der Waals surface area contributed by atoms with Gasteiger partial charge in [-0.05, 0) is 24.3 Å². The maximum absolute atomic E-state index is 9.55. The molecule has 5 nitrogen and oxygen atoms in total. The van der Waals surface area contributed by atoms with Gasteiger partial charge in [0.25, 0.3) is 0 Å². The zero-order chi connectivity index (χ0) is 20.1. The number of aromatic nitrogens is 1. The number of halogens is 2. The number of hydrogen-bond donors (Lipinski definition) is 1. The van der Waals surface area contributed by atoms with Gasteiger partial charge in [0, 0.05) is 23.2 Å². The molecule has 2 aromatic carbocycles. The van der Waals surface area contributed by atoms with Crippen LogP contribution >= 0.6 is 34.5 Å². The van der Waals surface area contributed by atoms with E-state index in [-0.39, 0.29) is 0 Å². The van der Waals surface area contributed by atoms with Gasteiger partial charge in [-0.2, -0.15) is 5.26 Å². The Labute approximate surface area is 176 Å². The fourth-order valence-corrected chi connectivity index (χ4v) is 3.49. The lowest BCUT2D eigenvalue weighted by Crippen LogP contribution is -1.95. The van der Waals surface area contributed by atoms with Gasteiger partial charge in [0.05, 0.1) is 35.6 Å². The van der Waals surface area contributed by atoms with Crippen molar-refractivity contribution in [2.75, 3.05) is 19.5 Å². The van der Waals surface area contributed by atoms with E-state index in [2.05, 4.69) is 16.4 Å². The van der Waals surface area contributed by atoms with E-state index in [1.54, 1.807) is 44.7 Å². The first-order valence-electron chi connectivity index (χ1n) is 8.06. The van der Waals surface area contributed by atoms with Crippen LogP contribution in [0.1, 0.15) is 5.01 Å². The SMILES string of the molecule is COc1ccc(NC=C(C#N)c2nc(-c3ccc(Cl)c(Cl)c3)cs2)c(OC)c1. The summed E-state index contributed by atoms with van der Waals surface area (Å²) >= 11 is 13.4. The van der Waals surface area contributed by atoms with Crippen molar-refractivity contribution in [1.82, 2.24) is 4.98 Å². The van der Waals surface area contributed by atoms with Crippen LogP contribution in [-0.4, -0.2) is 19.2 Å². The molecular weight excluding hydrogens is 417 g/mol. The van der Waals surface area contributed by atoms with Crippen LogP contribution in [-0.2, 0) is 0 Å². The summed E-state index contributed by atoms with van der Waals surface area (Å²) in [6.07, 6.45) is 1.60. The van der Waals surface area contributed by atoms with Crippen LogP contribution < -0.4 is 14.8 Å². The molecule has 0 amide bonds. The number of methoxy groups -OCH3 is 2. The number of thiazole rings is 1. The van der Waals surface area contributed by atoms with Gasteiger partial charge in [-0.25, -0.2) is 4.98 Å². The molecule has 0 fully saturated rings. The van der Waals surface area contributed by atoms with Crippen molar-refractivity contribution in [3.63, 3.8) is 0 Å². The highest BCUT2D eigenvalue weighted by Gasteiger charge is 2.11. The normalized spacial score (nSPS) is 11.0. The molecule has 8 heteroatoms. The molecule has 0 saturated carbocycles. The highest BCUT2D eigenvalue weighted by molar-refractivity contribution is 7.11. The summed E-state index contributed by atoms with van der Waals surface area (Å²) < 4.78 is 10.5. The number of nitriles is 1. The van der Waals surface area contributed by atoms with Crippen molar-refractivity contribution in [2.45, 2.75) is 0 Å². The number of anilines is 1. The number of allylic oxidation sites excluding steroid dienone is 1. The molecule has 0 bridgehead atoms. The molecule has 0 unspecified atom stereocenters. The van der Waals surface area contributed by atoms with E-state index in [4.69, 9.17) is 32.7 Å². The number of benzene rings is 2. The second-order valence-corrected chi connectivity index (χ2v) is 7.22. The van der Waals surface area contributed by atoms with Gasteiger partial charge in [-0.3, -0.25) is 0 Å². The van der Waals surface area contributed by atoms with Crippen molar-refractivity contribution >= 4 is 45.8 Å². The summed E-state index contributed by atoms with van der Waals surface area (Å²) in [7, 11) is 3.16. The Morgan fingerprint density at radius 2 is 1.96 bits per heavy atom. The molecule has 1 aromatic heterocycles. The quantitative estimate of drug-likeness (QED) is 0.476. The van der Waals surface area contributed by atoms with Crippen molar-refractivity contribution in [3.8, 4) is 28.8 Å². The smallest absolute Gasteiger partial charge is 0.145 e. The third kappa shape index (κ3) is 4.39. The zero-order valence-corrected chi connectivity index (χ0v) is 17.3. The van der Waals surface area contributed by atoms with Crippen LogP contribution in [0.5, 0.6) is 11.5 Å². The molecule has 0 aliphatic rings. The molecule has 28 heavy (non-hydrogen) atoms. The lowest BCUT2D eigenvalue weighted by atomic mass is 10.2. The molecule has 0 aliphatic heterocycles. The van der Waals surface area contributed by atoms with E-state index in [0.717, 1.165) is 11.3 Å². The van der Waals surface area contributed by atoms with Gasteiger partial charge in [0.1, 0.15) is 28.1 Å². The maximum atomic E-state index is 9.55. The van der Waals surface area contributed by atoms with E-state index in [9.17, 15) is 5.26 Å². The molecule has 0 atom stereocenters. The molecule has 3 aromatic rings. The van der Waals surface area contributed by atoms with Crippen molar-refractivity contribution in [1.29, 1.82) is 5.26 Å². The summed E-state index contributed by atoms with van der Waals surface area (Å²) in [4.78, 5) is 4.54. The van der Waals surface area contributed by atoms with E-state index < -0.39 is 0 Å². The van der Waals surface area contributed by atoms with Gasteiger partial charge < -0.3 is 14.8 Å². The van der Waals surface area contributed by atoms with E-state index in [0.29, 0.717) is 37.8 Å². The molecule has 0 saturated heterocycles. The van der Waals surface area contributed by atoms with Crippen LogP contribution in [0.15, 0.2) is 48.0 Å². The highest BCUT2D eigenvalue weighted by Crippen LogP contribution is 2.32. The van der Waals surface area contributed by atoms with Crippen molar-refractivity contribution in [2.24, 2.45) is 0 Å². The Bertz CT molecular complexity index is 1070. The first-order valence-corrected chi connectivity index (χ1v) is 9.69. The van der Waals surface area contributed by atoms with Crippen LogP contribution in [0.2, 0.25) is 10.0 Å². The number of nitrogens with one attached hydrogen (secondary N) is 1. The van der Waals surface area contributed by atoms with Crippen LogP contribution in [0.25, 0.3) is 16.8 Å². The maximum Gasteiger partial charge on any atom is 0.145 e. The van der Waals surface area contributed by atoms with Gasteiger partial charge in [0.15, 0.2) is 0 Å². The van der Waals surface area contributed by atoms with Crippen LogP contribution in [0, 0.1) is 11.3 Å². The first-order chi connectivity index (χ1) is 13.5. The second kappa shape index (κ2) is 8.98. The fourth-order valence-electron chi connectivity index (χ4n) is 2.40. The predicted molar refractivity (Wildman–Crippen MR) is 114 cm³/mol. The molecular formula is C20H15Cl2N3O2S. The molecule has 0 aliphatic carbocycles. The Morgan fingerprint density at radius 1 is 1.14 bits per heavy atom. The minimum Gasteiger partial charge on any atom is -0.497 e. The minimum atomic E-state index is 0.397. The monoisotopic (exact) mass is 431 g/mol. The topological polar surface area (TPSA) is 67.2 Å². The first kappa shape index (κ1) is 20.0. The molecule has 142 valence electrons. The molecule has 1 N–H and O–H groups in total. The Balaban J connectivity index is 1.85. The number of nitrogens with zero attached hydrogens (tertiary/aromatic N) is 2. The van der Waals surface area contributed by atoms with Gasteiger partial charge in [-0.15, -0.1) is 11.3 Å². The molecule has 3 rings (SSSR count). The van der Waals surface area contributed by atoms with Gasteiger partial charge >= 0.3 is 0 Å². The summed E-state index contributed by atoms with van der Waals surface area (Å²) in [6, 6.07) is 12.8. The third-order valence-electron chi connectivity index (χ3n) is 3.85. The number of ether oxygens (including phenoxy) is 2. The lowest BCUT2D eigenvalue weighted by molar-refractivity contribution is 0.395. The molecule has 1 heterocycles. The van der Waals surface area contributed by atoms with Crippen molar-refractivity contribution < 1.29 is 9.47 Å². The molecule has 0 radical (unpaired) electrons. The average molecular weight is 432 g/mol. The van der Waals surface area contributed by atoms with E-state index in [1.165, 1.54) is 11.3 Å². The van der Waals surface area contributed by atoms with E-state index >= 15 is 0 Å². The number of rotatable bonds is 6. The summed E-state index contributed by atoms with van der Waals surface area (Å²) in [5, 5.41) is 16.0. The second-order valence-electron chi connectivity index (χ2n) is 5.55. The Kier molecular flexibility index (Phi) is 6.42. The summed E-state index contributed by atoms with van der Waals surface area (Å²) in [6.45, 7) is 0. The van der Waals surface area contributed by atoms with E-state index in [1.807, 2.05) is 17.5 Å². The largest absolute Gasteiger partial charge is 0.497 e.